The Morgan fingerprint density at radius 2 is 2.00 bits per heavy atom. The molecule has 2 nitrogen and oxygen atoms in total. The van der Waals surface area contributed by atoms with Crippen LogP contribution in [0.15, 0.2) is 18.2 Å². The highest BCUT2D eigenvalue weighted by Gasteiger charge is 2.24. The molecule has 1 aliphatic carbocycles. The smallest absolute Gasteiger partial charge is 0.168 e. The standard InChI is InChI=1S/C16H24FNO/c1-11-6-8-12(9-7-11)14(18)10-13-4-3-5-15(19-2)16(13)17/h3-5,11-12,14H,6-10,18H2,1-2H3. The Labute approximate surface area is 115 Å². The van der Waals surface area contributed by atoms with Crippen molar-refractivity contribution in [2.45, 2.75) is 45.1 Å². The van der Waals surface area contributed by atoms with Crippen molar-refractivity contribution in [2.75, 3.05) is 7.11 Å². The molecule has 0 amide bonds. The van der Waals surface area contributed by atoms with E-state index in [1.54, 1.807) is 6.07 Å². The first-order valence-corrected chi connectivity index (χ1v) is 7.18. The Kier molecular flexibility index (Phi) is 4.81. The molecule has 0 radical (unpaired) electrons. The molecule has 1 aliphatic rings. The van der Waals surface area contributed by atoms with Gasteiger partial charge in [-0.3, -0.25) is 0 Å². The van der Waals surface area contributed by atoms with Crippen molar-refractivity contribution < 1.29 is 9.13 Å². The molecule has 0 saturated heterocycles. The maximum absolute atomic E-state index is 14.1. The number of methoxy groups -OCH3 is 1. The van der Waals surface area contributed by atoms with Crippen LogP contribution in [0.2, 0.25) is 0 Å². The Morgan fingerprint density at radius 1 is 1.32 bits per heavy atom. The summed E-state index contributed by atoms with van der Waals surface area (Å²) < 4.78 is 19.1. The monoisotopic (exact) mass is 265 g/mol. The summed E-state index contributed by atoms with van der Waals surface area (Å²) in [5.74, 6) is 1.39. The number of hydrogen-bond acceptors (Lipinski definition) is 2. The van der Waals surface area contributed by atoms with Crippen LogP contribution in [0.4, 0.5) is 4.39 Å². The van der Waals surface area contributed by atoms with E-state index in [9.17, 15) is 4.39 Å². The van der Waals surface area contributed by atoms with E-state index in [4.69, 9.17) is 10.5 Å². The number of hydrogen-bond donors (Lipinski definition) is 1. The first-order chi connectivity index (χ1) is 9.11. The highest BCUT2D eigenvalue weighted by atomic mass is 19.1. The van der Waals surface area contributed by atoms with Crippen LogP contribution in [0.1, 0.15) is 38.2 Å². The van der Waals surface area contributed by atoms with Gasteiger partial charge in [0.25, 0.3) is 0 Å². The molecule has 1 saturated carbocycles. The maximum atomic E-state index is 14.1. The molecule has 0 heterocycles. The van der Waals surface area contributed by atoms with Gasteiger partial charge in [0.2, 0.25) is 0 Å². The van der Waals surface area contributed by atoms with Gasteiger partial charge >= 0.3 is 0 Å². The summed E-state index contributed by atoms with van der Waals surface area (Å²) in [7, 11) is 1.49. The van der Waals surface area contributed by atoms with Crippen molar-refractivity contribution in [2.24, 2.45) is 17.6 Å². The molecular weight excluding hydrogens is 241 g/mol. The SMILES string of the molecule is COc1cccc(CC(N)C2CCC(C)CC2)c1F. The van der Waals surface area contributed by atoms with Gasteiger partial charge in [0.15, 0.2) is 11.6 Å². The lowest BCUT2D eigenvalue weighted by Gasteiger charge is -2.30. The zero-order valence-corrected chi connectivity index (χ0v) is 11.9. The average molecular weight is 265 g/mol. The average Bonchev–Trinajstić information content (AvgIpc) is 2.42. The predicted octanol–water partition coefficient (Wildman–Crippen LogP) is 3.53. The molecular formula is C16H24FNO. The second kappa shape index (κ2) is 6.38. The minimum Gasteiger partial charge on any atom is -0.494 e. The van der Waals surface area contributed by atoms with Crippen molar-refractivity contribution in [3.8, 4) is 5.75 Å². The van der Waals surface area contributed by atoms with Crippen molar-refractivity contribution in [3.05, 3.63) is 29.6 Å². The first-order valence-electron chi connectivity index (χ1n) is 7.18. The van der Waals surface area contributed by atoms with E-state index < -0.39 is 0 Å². The van der Waals surface area contributed by atoms with Crippen LogP contribution < -0.4 is 10.5 Å². The summed E-state index contributed by atoms with van der Waals surface area (Å²) in [5.41, 5.74) is 6.95. The van der Waals surface area contributed by atoms with Crippen LogP contribution in [-0.2, 0) is 6.42 Å². The van der Waals surface area contributed by atoms with E-state index in [0.29, 0.717) is 23.7 Å². The number of nitrogens with two attached hydrogens (primary N) is 1. The van der Waals surface area contributed by atoms with E-state index in [0.717, 1.165) is 5.92 Å². The molecule has 19 heavy (non-hydrogen) atoms. The largest absolute Gasteiger partial charge is 0.494 e. The number of ether oxygens (including phenoxy) is 1. The summed E-state index contributed by atoms with van der Waals surface area (Å²) in [4.78, 5) is 0. The number of halogens is 1. The molecule has 106 valence electrons. The predicted molar refractivity (Wildman–Crippen MR) is 75.8 cm³/mol. The highest BCUT2D eigenvalue weighted by molar-refractivity contribution is 5.31. The molecule has 1 aromatic rings. The van der Waals surface area contributed by atoms with Crippen LogP contribution in [0.25, 0.3) is 0 Å². The molecule has 0 bridgehead atoms. The minimum absolute atomic E-state index is 0.0501. The van der Waals surface area contributed by atoms with Crippen molar-refractivity contribution in [3.63, 3.8) is 0 Å². The van der Waals surface area contributed by atoms with Gasteiger partial charge in [-0.25, -0.2) is 4.39 Å². The first kappa shape index (κ1) is 14.3. The molecule has 1 fully saturated rings. The van der Waals surface area contributed by atoms with E-state index in [1.165, 1.54) is 32.8 Å². The van der Waals surface area contributed by atoms with E-state index in [2.05, 4.69) is 6.92 Å². The quantitative estimate of drug-likeness (QED) is 0.904. The zero-order valence-electron chi connectivity index (χ0n) is 11.9. The fraction of sp³-hybridized carbons (Fsp3) is 0.625. The van der Waals surface area contributed by atoms with E-state index in [1.807, 2.05) is 12.1 Å². The van der Waals surface area contributed by atoms with Crippen molar-refractivity contribution in [1.29, 1.82) is 0 Å². The molecule has 2 N–H and O–H groups in total. The summed E-state index contributed by atoms with van der Waals surface area (Å²) in [5, 5.41) is 0. The Morgan fingerprint density at radius 3 is 2.63 bits per heavy atom. The zero-order chi connectivity index (χ0) is 13.8. The molecule has 2 rings (SSSR count). The van der Waals surface area contributed by atoms with Crippen molar-refractivity contribution >= 4 is 0 Å². The summed E-state index contributed by atoms with van der Waals surface area (Å²) in [6, 6.07) is 5.33. The van der Waals surface area contributed by atoms with Crippen LogP contribution >= 0.6 is 0 Å². The normalized spacial score (nSPS) is 25.1. The van der Waals surface area contributed by atoms with Gasteiger partial charge in [-0.2, -0.15) is 0 Å². The van der Waals surface area contributed by atoms with Gasteiger partial charge in [0.1, 0.15) is 0 Å². The molecule has 0 aromatic heterocycles. The molecule has 1 unspecified atom stereocenters. The van der Waals surface area contributed by atoms with E-state index >= 15 is 0 Å². The summed E-state index contributed by atoms with van der Waals surface area (Å²) >= 11 is 0. The fourth-order valence-electron chi connectivity index (χ4n) is 3.01. The van der Waals surface area contributed by atoms with Gasteiger partial charge < -0.3 is 10.5 Å². The molecule has 3 heteroatoms. The lowest BCUT2D eigenvalue weighted by molar-refractivity contribution is 0.252. The van der Waals surface area contributed by atoms with Gasteiger partial charge in [-0.1, -0.05) is 31.9 Å². The highest BCUT2D eigenvalue weighted by Crippen LogP contribution is 2.31. The summed E-state index contributed by atoms with van der Waals surface area (Å²) in [6.45, 7) is 2.30. The van der Waals surface area contributed by atoms with Gasteiger partial charge in [-0.15, -0.1) is 0 Å². The number of benzene rings is 1. The molecule has 1 aromatic carbocycles. The van der Waals surface area contributed by atoms with E-state index in [-0.39, 0.29) is 11.9 Å². The molecule has 0 spiro atoms. The lowest BCUT2D eigenvalue weighted by atomic mass is 9.78. The van der Waals surface area contributed by atoms with Gasteiger partial charge in [-0.05, 0) is 42.7 Å². The Bertz CT molecular complexity index is 413. The fourth-order valence-corrected chi connectivity index (χ4v) is 3.01. The lowest BCUT2D eigenvalue weighted by Crippen LogP contribution is -2.34. The second-order valence-electron chi connectivity index (χ2n) is 5.82. The van der Waals surface area contributed by atoms with Gasteiger partial charge in [0, 0.05) is 6.04 Å². The summed E-state index contributed by atoms with van der Waals surface area (Å²) in [6.07, 6.45) is 5.45. The van der Waals surface area contributed by atoms with Crippen molar-refractivity contribution in [1.82, 2.24) is 0 Å². The third kappa shape index (κ3) is 3.47. The van der Waals surface area contributed by atoms with Crippen LogP contribution in [-0.4, -0.2) is 13.2 Å². The third-order valence-electron chi connectivity index (χ3n) is 4.38. The Hall–Kier alpha value is -1.09. The van der Waals surface area contributed by atoms with Crippen LogP contribution in [0.5, 0.6) is 5.75 Å². The van der Waals surface area contributed by atoms with Crippen LogP contribution in [0, 0.1) is 17.7 Å². The number of rotatable bonds is 4. The molecule has 1 atom stereocenters. The molecule has 0 aliphatic heterocycles. The maximum Gasteiger partial charge on any atom is 0.168 e. The Balaban J connectivity index is 2.00. The third-order valence-corrected chi connectivity index (χ3v) is 4.38. The van der Waals surface area contributed by atoms with Gasteiger partial charge in [0.05, 0.1) is 7.11 Å². The second-order valence-corrected chi connectivity index (χ2v) is 5.82. The van der Waals surface area contributed by atoms with Crippen LogP contribution in [0.3, 0.4) is 0 Å². The topological polar surface area (TPSA) is 35.2 Å². The minimum atomic E-state index is -0.260.